The van der Waals surface area contributed by atoms with Gasteiger partial charge in [-0.15, -0.1) is 0 Å². The molecule has 1 aliphatic rings. The first-order valence-corrected chi connectivity index (χ1v) is 10.8. The van der Waals surface area contributed by atoms with E-state index in [1.165, 1.54) is 10.5 Å². The molecule has 0 bridgehead atoms. The molecule has 2 aromatic rings. The van der Waals surface area contributed by atoms with Crippen molar-refractivity contribution in [3.05, 3.63) is 53.6 Å². The van der Waals surface area contributed by atoms with Gasteiger partial charge in [-0.05, 0) is 69.5 Å². The summed E-state index contributed by atoms with van der Waals surface area (Å²) in [5, 5.41) is 5.68. The fourth-order valence-corrected chi connectivity index (χ4v) is 3.53. The third-order valence-electron chi connectivity index (χ3n) is 5.22. The highest BCUT2D eigenvalue weighted by Crippen LogP contribution is 2.38. The van der Waals surface area contributed by atoms with Gasteiger partial charge in [0.1, 0.15) is 12.3 Å². The van der Waals surface area contributed by atoms with Crippen molar-refractivity contribution >= 4 is 29.1 Å². The molecule has 32 heavy (non-hydrogen) atoms. The van der Waals surface area contributed by atoms with Crippen molar-refractivity contribution in [2.24, 2.45) is 0 Å². The van der Waals surface area contributed by atoms with E-state index in [-0.39, 0.29) is 30.3 Å². The maximum Gasteiger partial charge on any atom is 0.271 e. The number of amides is 3. The summed E-state index contributed by atoms with van der Waals surface area (Å²) in [7, 11) is 0. The molecular weight excluding hydrogens is 406 g/mol. The fraction of sp³-hybridized carbons (Fsp3) is 0.400. The van der Waals surface area contributed by atoms with Crippen molar-refractivity contribution in [2.75, 3.05) is 16.8 Å². The smallest absolute Gasteiger partial charge is 0.271 e. The van der Waals surface area contributed by atoms with E-state index in [1.54, 1.807) is 32.0 Å². The van der Waals surface area contributed by atoms with Crippen molar-refractivity contribution < 1.29 is 19.1 Å². The van der Waals surface area contributed by atoms with Gasteiger partial charge in [-0.3, -0.25) is 19.3 Å². The number of fused-ring (bicyclic) bond motifs is 1. The van der Waals surface area contributed by atoms with Crippen LogP contribution in [0, 0.1) is 0 Å². The zero-order valence-corrected chi connectivity index (χ0v) is 19.5. The summed E-state index contributed by atoms with van der Waals surface area (Å²) in [6.07, 6.45) is 0. The Morgan fingerprint density at radius 3 is 2.28 bits per heavy atom. The molecule has 2 N–H and O–H groups in total. The number of nitrogens with zero attached hydrogens (tertiary/aromatic N) is 1. The van der Waals surface area contributed by atoms with Gasteiger partial charge in [0.2, 0.25) is 5.91 Å². The van der Waals surface area contributed by atoms with Gasteiger partial charge in [0.15, 0.2) is 5.60 Å². The van der Waals surface area contributed by atoms with Crippen LogP contribution >= 0.6 is 0 Å². The number of anilines is 2. The van der Waals surface area contributed by atoms with Crippen LogP contribution in [-0.4, -0.2) is 35.9 Å². The van der Waals surface area contributed by atoms with E-state index in [0.717, 1.165) is 0 Å². The number of ether oxygens (including phenoxy) is 1. The van der Waals surface area contributed by atoms with Crippen LogP contribution in [0.15, 0.2) is 42.5 Å². The van der Waals surface area contributed by atoms with Crippen molar-refractivity contribution in [3.8, 4) is 5.75 Å². The molecule has 3 rings (SSSR count). The Morgan fingerprint density at radius 1 is 1.03 bits per heavy atom. The maximum absolute atomic E-state index is 13.0. The van der Waals surface area contributed by atoms with Crippen LogP contribution < -0.4 is 20.3 Å². The van der Waals surface area contributed by atoms with Crippen LogP contribution in [0.25, 0.3) is 0 Å². The topological polar surface area (TPSA) is 87.7 Å². The molecule has 0 saturated carbocycles. The van der Waals surface area contributed by atoms with Crippen molar-refractivity contribution in [1.29, 1.82) is 0 Å². The molecule has 0 spiro atoms. The molecule has 7 nitrogen and oxygen atoms in total. The Hall–Kier alpha value is -3.35. The van der Waals surface area contributed by atoms with Crippen LogP contribution in [0.4, 0.5) is 11.4 Å². The van der Waals surface area contributed by atoms with E-state index < -0.39 is 5.60 Å². The molecular formula is C25H31N3O4. The van der Waals surface area contributed by atoms with Crippen LogP contribution in [0.3, 0.4) is 0 Å². The number of carbonyl (C=O) groups is 3. The lowest BCUT2D eigenvalue weighted by Gasteiger charge is -2.38. The van der Waals surface area contributed by atoms with Crippen molar-refractivity contribution in [3.63, 3.8) is 0 Å². The highest BCUT2D eigenvalue weighted by molar-refractivity contribution is 6.09. The summed E-state index contributed by atoms with van der Waals surface area (Å²) in [5.41, 5.74) is 1.51. The highest BCUT2D eigenvalue weighted by Gasteiger charge is 2.41. The quantitative estimate of drug-likeness (QED) is 0.713. The minimum Gasteiger partial charge on any atom is -0.476 e. The molecule has 0 aliphatic carbocycles. The molecule has 170 valence electrons. The summed E-state index contributed by atoms with van der Waals surface area (Å²) in [6.45, 7) is 11.1. The molecule has 0 aromatic heterocycles. The average molecular weight is 438 g/mol. The van der Waals surface area contributed by atoms with Crippen LogP contribution in [-0.2, 0) is 9.59 Å². The van der Waals surface area contributed by atoms with Gasteiger partial charge in [0.25, 0.3) is 11.8 Å². The van der Waals surface area contributed by atoms with Crippen LogP contribution in [0.5, 0.6) is 5.75 Å². The third kappa shape index (κ3) is 5.10. The Kier molecular flexibility index (Phi) is 6.57. The molecule has 3 amide bonds. The van der Waals surface area contributed by atoms with Gasteiger partial charge >= 0.3 is 0 Å². The molecule has 0 unspecified atom stereocenters. The van der Waals surface area contributed by atoms with E-state index >= 15 is 0 Å². The first-order valence-electron chi connectivity index (χ1n) is 10.8. The third-order valence-corrected chi connectivity index (χ3v) is 5.22. The minimum atomic E-state index is -1.12. The van der Waals surface area contributed by atoms with E-state index in [0.29, 0.717) is 28.6 Å². The molecule has 7 heteroatoms. The average Bonchev–Trinajstić information content (AvgIpc) is 2.70. The Morgan fingerprint density at radius 2 is 1.69 bits per heavy atom. The molecule has 1 aliphatic heterocycles. The SMILES string of the molecule is CC(C)NC(=O)CN1C(=O)C(C)(C)Oc2ccc(C(=O)Nc3ccc(C(C)C)cc3)cc21. The first kappa shape index (κ1) is 23.3. The monoisotopic (exact) mass is 437 g/mol. The van der Waals surface area contributed by atoms with Crippen molar-refractivity contribution in [1.82, 2.24) is 5.32 Å². The zero-order valence-electron chi connectivity index (χ0n) is 19.5. The Labute approximate surface area is 189 Å². The Bertz CT molecular complexity index is 1030. The van der Waals surface area contributed by atoms with Crippen LogP contribution in [0.2, 0.25) is 0 Å². The molecule has 0 fully saturated rings. The van der Waals surface area contributed by atoms with Gasteiger partial charge in [-0.25, -0.2) is 0 Å². The normalized spacial score (nSPS) is 14.8. The first-order chi connectivity index (χ1) is 15.0. The van der Waals surface area contributed by atoms with Gasteiger partial charge in [0, 0.05) is 17.3 Å². The second-order valence-corrected chi connectivity index (χ2v) is 9.14. The Balaban J connectivity index is 1.87. The predicted octanol–water partition coefficient (Wildman–Crippen LogP) is 4.09. The largest absolute Gasteiger partial charge is 0.476 e. The van der Waals surface area contributed by atoms with E-state index in [1.807, 2.05) is 38.1 Å². The molecule has 2 aromatic carbocycles. The summed E-state index contributed by atoms with van der Waals surface area (Å²) in [4.78, 5) is 39.7. The number of hydrogen-bond donors (Lipinski definition) is 2. The number of carbonyl (C=O) groups excluding carboxylic acids is 3. The van der Waals surface area contributed by atoms with Gasteiger partial charge in [-0.1, -0.05) is 26.0 Å². The molecule has 0 atom stereocenters. The molecule has 0 saturated heterocycles. The second kappa shape index (κ2) is 9.02. The summed E-state index contributed by atoms with van der Waals surface area (Å²) >= 11 is 0. The second-order valence-electron chi connectivity index (χ2n) is 9.14. The van der Waals surface area contributed by atoms with Gasteiger partial charge in [0.05, 0.1) is 5.69 Å². The maximum atomic E-state index is 13.0. The zero-order chi connectivity index (χ0) is 23.6. The van der Waals surface area contributed by atoms with E-state index in [4.69, 9.17) is 4.74 Å². The summed E-state index contributed by atoms with van der Waals surface area (Å²) in [6, 6.07) is 12.5. The number of benzene rings is 2. The lowest BCUT2D eigenvalue weighted by atomic mass is 10.0. The van der Waals surface area contributed by atoms with E-state index in [9.17, 15) is 14.4 Å². The van der Waals surface area contributed by atoms with Crippen molar-refractivity contribution in [2.45, 2.75) is 59.1 Å². The minimum absolute atomic E-state index is 0.0506. The number of rotatable bonds is 6. The standard InChI is InChI=1S/C25H31N3O4/c1-15(2)17-7-10-19(11-8-17)27-23(30)18-9-12-21-20(13-18)28(14-22(29)26-16(3)4)24(31)25(5,6)32-21/h7-13,15-16H,14H2,1-6H3,(H,26,29)(H,27,30). The number of hydrogen-bond acceptors (Lipinski definition) is 4. The van der Waals surface area contributed by atoms with Gasteiger partial charge < -0.3 is 15.4 Å². The summed E-state index contributed by atoms with van der Waals surface area (Å²) in [5.74, 6) is -0.0809. The van der Waals surface area contributed by atoms with Crippen LogP contribution in [0.1, 0.15) is 63.4 Å². The highest BCUT2D eigenvalue weighted by atomic mass is 16.5. The summed E-state index contributed by atoms with van der Waals surface area (Å²) < 4.78 is 5.86. The number of nitrogens with one attached hydrogen (secondary N) is 2. The van der Waals surface area contributed by atoms with E-state index in [2.05, 4.69) is 24.5 Å². The predicted molar refractivity (Wildman–Crippen MR) is 125 cm³/mol. The lowest BCUT2D eigenvalue weighted by Crippen LogP contribution is -2.55. The van der Waals surface area contributed by atoms with Gasteiger partial charge in [-0.2, -0.15) is 0 Å². The fourth-order valence-electron chi connectivity index (χ4n) is 3.53. The molecule has 0 radical (unpaired) electrons. The lowest BCUT2D eigenvalue weighted by molar-refractivity contribution is -0.134. The molecule has 1 heterocycles.